The minimum atomic E-state index is -0.190. The molecule has 0 saturated carbocycles. The average molecular weight is 373 g/mol. The number of nitrogens with zero attached hydrogens (tertiary/aromatic N) is 1. The van der Waals surface area contributed by atoms with E-state index in [4.69, 9.17) is 0 Å². The van der Waals surface area contributed by atoms with E-state index < -0.39 is 0 Å². The maximum atomic E-state index is 12.5. The van der Waals surface area contributed by atoms with Gasteiger partial charge in [-0.1, -0.05) is 42.5 Å². The number of rotatable bonds is 7. The zero-order valence-electron chi connectivity index (χ0n) is 15.8. The Balaban J connectivity index is 1.62. The van der Waals surface area contributed by atoms with Gasteiger partial charge in [-0.2, -0.15) is 0 Å². The highest BCUT2D eigenvalue weighted by molar-refractivity contribution is 6.04. The fourth-order valence-corrected chi connectivity index (χ4v) is 2.87. The van der Waals surface area contributed by atoms with E-state index in [-0.39, 0.29) is 18.4 Å². The van der Waals surface area contributed by atoms with Crippen LogP contribution in [0.5, 0.6) is 0 Å². The minimum absolute atomic E-state index is 0.114. The molecule has 0 heterocycles. The highest BCUT2D eigenvalue weighted by Crippen LogP contribution is 2.17. The largest absolute Gasteiger partial charge is 0.362 e. The van der Waals surface area contributed by atoms with E-state index in [1.165, 1.54) is 0 Å². The third-order valence-electron chi connectivity index (χ3n) is 4.28. The van der Waals surface area contributed by atoms with Gasteiger partial charge in [0, 0.05) is 29.2 Å². The molecule has 5 nitrogen and oxygen atoms in total. The number of likely N-dealkylation sites (N-methyl/N-ethyl adjacent to an activating group) is 1. The van der Waals surface area contributed by atoms with Crippen LogP contribution in [0.2, 0.25) is 0 Å². The van der Waals surface area contributed by atoms with E-state index >= 15 is 0 Å². The number of carbonyl (C=O) groups is 2. The summed E-state index contributed by atoms with van der Waals surface area (Å²) in [5.41, 5.74) is 2.85. The van der Waals surface area contributed by atoms with Gasteiger partial charge in [0.05, 0.1) is 6.54 Å². The molecular formula is C23H23N3O2. The zero-order chi connectivity index (χ0) is 19.8. The maximum absolute atomic E-state index is 12.5. The molecule has 0 aliphatic rings. The van der Waals surface area contributed by atoms with E-state index in [1.807, 2.05) is 60.4 Å². The number of nitrogens with one attached hydrogen (secondary N) is 2. The summed E-state index contributed by atoms with van der Waals surface area (Å²) < 4.78 is 0. The molecule has 142 valence electrons. The van der Waals surface area contributed by atoms with E-state index in [2.05, 4.69) is 10.6 Å². The molecule has 0 radical (unpaired) electrons. The van der Waals surface area contributed by atoms with Crippen molar-refractivity contribution in [2.24, 2.45) is 0 Å². The molecule has 0 aliphatic heterocycles. The summed E-state index contributed by atoms with van der Waals surface area (Å²) >= 11 is 0. The number of hydrogen-bond acceptors (Lipinski definition) is 3. The van der Waals surface area contributed by atoms with Gasteiger partial charge in [0.2, 0.25) is 5.91 Å². The monoisotopic (exact) mass is 373 g/mol. The van der Waals surface area contributed by atoms with E-state index in [1.54, 1.807) is 36.4 Å². The van der Waals surface area contributed by atoms with Crippen LogP contribution in [0.15, 0.2) is 84.9 Å². The topological polar surface area (TPSA) is 61.4 Å². The summed E-state index contributed by atoms with van der Waals surface area (Å²) in [7, 11) is 0. The predicted molar refractivity (Wildman–Crippen MR) is 114 cm³/mol. The molecule has 2 N–H and O–H groups in total. The van der Waals surface area contributed by atoms with Crippen LogP contribution in [0.25, 0.3) is 0 Å². The first kappa shape index (κ1) is 19.2. The molecule has 0 aliphatic carbocycles. The molecule has 2 amide bonds. The second-order valence-corrected chi connectivity index (χ2v) is 6.30. The normalized spacial score (nSPS) is 10.2. The zero-order valence-corrected chi connectivity index (χ0v) is 15.8. The van der Waals surface area contributed by atoms with E-state index in [9.17, 15) is 9.59 Å². The predicted octanol–water partition coefficient (Wildman–Crippen LogP) is 4.40. The summed E-state index contributed by atoms with van der Waals surface area (Å²) in [6, 6.07) is 26.0. The Bertz CT molecular complexity index is 927. The van der Waals surface area contributed by atoms with Crippen molar-refractivity contribution in [3.63, 3.8) is 0 Å². The highest BCUT2D eigenvalue weighted by atomic mass is 16.2. The highest BCUT2D eigenvalue weighted by Gasteiger charge is 2.11. The van der Waals surface area contributed by atoms with Crippen molar-refractivity contribution in [3.8, 4) is 0 Å². The molecule has 0 unspecified atom stereocenters. The third-order valence-corrected chi connectivity index (χ3v) is 4.28. The van der Waals surface area contributed by atoms with E-state index in [0.717, 1.165) is 12.2 Å². The second-order valence-electron chi connectivity index (χ2n) is 6.30. The molecule has 0 aromatic heterocycles. The Morgan fingerprint density at radius 1 is 0.786 bits per heavy atom. The van der Waals surface area contributed by atoms with Crippen molar-refractivity contribution in [1.82, 2.24) is 0 Å². The fraction of sp³-hybridized carbons (Fsp3) is 0.130. The number of anilines is 3. The van der Waals surface area contributed by atoms with Crippen molar-refractivity contribution >= 4 is 28.9 Å². The number of hydrogen-bond donors (Lipinski definition) is 2. The Hall–Kier alpha value is -3.60. The molecule has 0 saturated heterocycles. The molecule has 0 bridgehead atoms. The number of benzene rings is 3. The van der Waals surface area contributed by atoms with Crippen LogP contribution in [0, 0.1) is 0 Å². The first-order valence-corrected chi connectivity index (χ1v) is 9.22. The van der Waals surface area contributed by atoms with Crippen LogP contribution in [-0.2, 0) is 4.79 Å². The smallest absolute Gasteiger partial charge is 0.255 e. The quantitative estimate of drug-likeness (QED) is 0.645. The SMILES string of the molecule is CCN(CC(=O)Nc1cccc(NC(=O)c2ccccc2)c1)c1ccccc1. The lowest BCUT2D eigenvalue weighted by molar-refractivity contribution is -0.115. The Kier molecular flexibility index (Phi) is 6.41. The van der Waals surface area contributed by atoms with Crippen LogP contribution in [0.4, 0.5) is 17.1 Å². The number of amides is 2. The van der Waals surface area contributed by atoms with Crippen LogP contribution < -0.4 is 15.5 Å². The molecule has 28 heavy (non-hydrogen) atoms. The van der Waals surface area contributed by atoms with Gasteiger partial charge in [-0.15, -0.1) is 0 Å². The maximum Gasteiger partial charge on any atom is 0.255 e. The van der Waals surface area contributed by atoms with Crippen LogP contribution in [0.3, 0.4) is 0 Å². The summed E-state index contributed by atoms with van der Waals surface area (Å²) in [6.07, 6.45) is 0. The fourth-order valence-electron chi connectivity index (χ4n) is 2.87. The van der Waals surface area contributed by atoms with Gasteiger partial charge in [-0.05, 0) is 49.4 Å². The summed E-state index contributed by atoms with van der Waals surface area (Å²) in [6.45, 7) is 2.99. The Morgan fingerprint density at radius 2 is 1.39 bits per heavy atom. The van der Waals surface area contributed by atoms with Crippen molar-refractivity contribution in [1.29, 1.82) is 0 Å². The first-order valence-electron chi connectivity index (χ1n) is 9.22. The van der Waals surface area contributed by atoms with Gasteiger partial charge in [0.25, 0.3) is 5.91 Å². The molecule has 0 atom stereocenters. The lowest BCUT2D eigenvalue weighted by Crippen LogP contribution is -2.33. The van der Waals surface area contributed by atoms with Crippen LogP contribution >= 0.6 is 0 Å². The molecule has 5 heteroatoms. The van der Waals surface area contributed by atoms with Crippen molar-refractivity contribution < 1.29 is 9.59 Å². The molecule has 3 aromatic carbocycles. The lowest BCUT2D eigenvalue weighted by atomic mass is 10.2. The average Bonchev–Trinajstić information content (AvgIpc) is 2.73. The molecule has 0 fully saturated rings. The third kappa shape index (κ3) is 5.20. The molecular weight excluding hydrogens is 350 g/mol. The Labute approximate surface area is 165 Å². The second kappa shape index (κ2) is 9.37. The van der Waals surface area contributed by atoms with Gasteiger partial charge in [0.1, 0.15) is 0 Å². The van der Waals surface area contributed by atoms with Crippen molar-refractivity contribution in [2.75, 3.05) is 28.6 Å². The Morgan fingerprint density at radius 3 is 2.04 bits per heavy atom. The summed E-state index contributed by atoms with van der Waals surface area (Å²) in [4.78, 5) is 26.8. The van der Waals surface area contributed by atoms with Gasteiger partial charge in [-0.25, -0.2) is 0 Å². The van der Waals surface area contributed by atoms with E-state index in [0.29, 0.717) is 16.9 Å². The first-order chi connectivity index (χ1) is 13.7. The lowest BCUT2D eigenvalue weighted by Gasteiger charge is -2.22. The standard InChI is InChI=1S/C23H23N3O2/c1-2-26(21-14-7-4-8-15-21)17-22(27)24-19-12-9-13-20(16-19)25-23(28)18-10-5-3-6-11-18/h3-16H,2,17H2,1H3,(H,24,27)(H,25,28). The van der Waals surface area contributed by atoms with Gasteiger partial charge in [0.15, 0.2) is 0 Å². The van der Waals surface area contributed by atoms with Crippen LogP contribution in [-0.4, -0.2) is 24.9 Å². The molecule has 3 rings (SSSR count). The number of carbonyl (C=O) groups excluding carboxylic acids is 2. The number of para-hydroxylation sites is 1. The molecule has 3 aromatic rings. The summed E-state index contributed by atoms with van der Waals surface area (Å²) in [5, 5.41) is 5.75. The van der Waals surface area contributed by atoms with Gasteiger partial charge >= 0.3 is 0 Å². The van der Waals surface area contributed by atoms with Gasteiger partial charge in [-0.3, -0.25) is 9.59 Å². The van der Waals surface area contributed by atoms with Crippen LogP contribution in [0.1, 0.15) is 17.3 Å². The van der Waals surface area contributed by atoms with Crippen molar-refractivity contribution in [2.45, 2.75) is 6.92 Å². The van der Waals surface area contributed by atoms with Gasteiger partial charge < -0.3 is 15.5 Å². The van der Waals surface area contributed by atoms with Crippen molar-refractivity contribution in [3.05, 3.63) is 90.5 Å². The summed E-state index contributed by atoms with van der Waals surface area (Å²) in [5.74, 6) is -0.303. The minimum Gasteiger partial charge on any atom is -0.362 e. The molecule has 0 spiro atoms.